The minimum atomic E-state index is -3.50. The number of amides is 1. The third-order valence-corrected chi connectivity index (χ3v) is 11.2. The lowest BCUT2D eigenvalue weighted by Crippen LogP contribution is -2.23. The van der Waals surface area contributed by atoms with E-state index in [0.29, 0.717) is 57.7 Å². The fourth-order valence-corrected chi connectivity index (χ4v) is 7.72. The van der Waals surface area contributed by atoms with Crippen molar-refractivity contribution in [1.82, 2.24) is 10.3 Å². The van der Waals surface area contributed by atoms with E-state index in [1.807, 2.05) is 37.3 Å². The molecule has 1 amide bonds. The van der Waals surface area contributed by atoms with Crippen molar-refractivity contribution in [1.29, 1.82) is 0 Å². The van der Waals surface area contributed by atoms with Gasteiger partial charge in [-0.1, -0.05) is 43.0 Å². The molecule has 3 aliphatic rings. The van der Waals surface area contributed by atoms with Gasteiger partial charge in [-0.15, -0.1) is 0 Å². The van der Waals surface area contributed by atoms with Gasteiger partial charge in [-0.2, -0.15) is 0 Å². The summed E-state index contributed by atoms with van der Waals surface area (Å²) in [7, 11) is -3.50. The van der Waals surface area contributed by atoms with Crippen LogP contribution in [-0.4, -0.2) is 48.7 Å². The summed E-state index contributed by atoms with van der Waals surface area (Å²) in [4.78, 5) is 30.9. The van der Waals surface area contributed by atoms with Gasteiger partial charge in [-0.25, -0.2) is 13.4 Å². The minimum Gasteiger partial charge on any atom is -0.475 e. The highest BCUT2D eigenvalue weighted by Gasteiger charge is 2.33. The predicted octanol–water partition coefficient (Wildman–Crippen LogP) is 5.43. The number of ether oxygens (including phenoxy) is 1. The molecule has 1 aliphatic heterocycles. The first-order chi connectivity index (χ1) is 20.2. The van der Waals surface area contributed by atoms with Crippen LogP contribution in [0.4, 0.5) is 0 Å². The van der Waals surface area contributed by atoms with E-state index in [1.165, 1.54) is 11.8 Å². The number of aromatic nitrogens is 1. The van der Waals surface area contributed by atoms with E-state index in [4.69, 9.17) is 9.84 Å². The molecule has 2 atom stereocenters. The number of hydrogen-bond donors (Lipinski definition) is 2. The molecule has 2 saturated carbocycles. The molecule has 0 saturated heterocycles. The van der Waals surface area contributed by atoms with Gasteiger partial charge in [-0.05, 0) is 79.8 Å². The van der Waals surface area contributed by atoms with Crippen molar-refractivity contribution in [3.05, 3.63) is 70.3 Å². The first-order valence-corrected chi connectivity index (χ1v) is 16.8. The van der Waals surface area contributed by atoms with E-state index in [-0.39, 0.29) is 36.7 Å². The number of benzene rings is 1. The van der Waals surface area contributed by atoms with Crippen molar-refractivity contribution in [2.75, 3.05) is 13.2 Å². The van der Waals surface area contributed by atoms with Gasteiger partial charge in [0, 0.05) is 30.0 Å². The molecule has 42 heavy (non-hydrogen) atoms. The van der Waals surface area contributed by atoms with E-state index < -0.39 is 15.1 Å². The highest BCUT2D eigenvalue weighted by Crippen LogP contribution is 2.45. The monoisotopic (exact) mass is 608 g/mol. The Morgan fingerprint density at radius 3 is 2.74 bits per heavy atom. The van der Waals surface area contributed by atoms with Crippen LogP contribution in [0.1, 0.15) is 75.0 Å². The van der Waals surface area contributed by atoms with E-state index >= 15 is 0 Å². The molecule has 1 aromatic carbocycles. The summed E-state index contributed by atoms with van der Waals surface area (Å²) in [5, 5.41) is 12.8. The number of carbonyl (C=O) groups excluding carboxylic acids is 2. The molecule has 0 bridgehead atoms. The smallest absolute Gasteiger partial charge is 0.256 e. The van der Waals surface area contributed by atoms with E-state index in [1.54, 1.807) is 31.2 Å². The summed E-state index contributed by atoms with van der Waals surface area (Å²) in [5.74, 6) is 0.320. The zero-order valence-corrected chi connectivity index (χ0v) is 25.5. The fraction of sp³-hybridized carbons (Fsp3) is 0.406. The maximum absolute atomic E-state index is 13.9. The Kier molecular flexibility index (Phi) is 9.35. The number of carbonyl (C=O) groups is 2. The van der Waals surface area contributed by atoms with Crippen LogP contribution < -0.4 is 10.1 Å². The van der Waals surface area contributed by atoms with Gasteiger partial charge < -0.3 is 15.2 Å². The first-order valence-electron chi connectivity index (χ1n) is 14.4. The predicted molar refractivity (Wildman–Crippen MR) is 164 cm³/mol. The summed E-state index contributed by atoms with van der Waals surface area (Å²) < 4.78 is 32.2. The van der Waals surface area contributed by atoms with Crippen molar-refractivity contribution in [3.8, 4) is 5.88 Å². The topological polar surface area (TPSA) is 123 Å². The third-order valence-electron chi connectivity index (χ3n) is 7.85. The maximum atomic E-state index is 13.9. The number of fused-ring (bicyclic) bond motifs is 1. The highest BCUT2D eigenvalue weighted by atomic mass is 32.2. The molecular weight excluding hydrogens is 572 g/mol. The number of nitrogens with one attached hydrogen (secondary N) is 1. The number of thioether (sulfide) groups is 1. The number of allylic oxidation sites excluding steroid dienone is 3. The van der Waals surface area contributed by atoms with Crippen LogP contribution in [0.5, 0.6) is 5.88 Å². The van der Waals surface area contributed by atoms with Crippen molar-refractivity contribution in [2.45, 2.75) is 73.5 Å². The van der Waals surface area contributed by atoms with Crippen molar-refractivity contribution in [2.24, 2.45) is 5.92 Å². The quantitative estimate of drug-likeness (QED) is 0.324. The molecule has 2 heterocycles. The number of hydrogen-bond acceptors (Lipinski definition) is 8. The summed E-state index contributed by atoms with van der Waals surface area (Å²) in [5.41, 5.74) is 2.70. The van der Waals surface area contributed by atoms with Crippen LogP contribution in [0.3, 0.4) is 0 Å². The van der Waals surface area contributed by atoms with Crippen LogP contribution in [0.25, 0.3) is 11.6 Å². The second-order valence-corrected chi connectivity index (χ2v) is 14.3. The van der Waals surface area contributed by atoms with Crippen LogP contribution in [0, 0.1) is 5.92 Å². The molecular formula is C32H36N2O6S2. The van der Waals surface area contributed by atoms with Crippen LogP contribution in [0.15, 0.2) is 63.5 Å². The Morgan fingerprint density at radius 1 is 1.24 bits per heavy atom. The van der Waals surface area contributed by atoms with Crippen LogP contribution in [0.2, 0.25) is 0 Å². The summed E-state index contributed by atoms with van der Waals surface area (Å²) in [6.45, 7) is 3.61. The fourth-order valence-electron chi connectivity index (χ4n) is 5.15. The Labute approximate surface area is 251 Å². The molecule has 10 heteroatoms. The second kappa shape index (κ2) is 13.0. The standard InChI is InChI=1S/C32H36N2O6S2/c1-3-20(2)42(38,39)28-13-10-24(19-26(28)22-8-9-22)27(18-21-7-12-25(36)17-21)31(37)34-30-6-4-5-23-11-14-29(40-16-15-35)33-32(23)41-30/h4-6,10-11,13-14,18-22,35H,3,7-9,12,15-17H2,1-2H3,(H,34,37)/b27-18+/t20?,21-/m0/s1. The lowest BCUT2D eigenvalue weighted by atomic mass is 9.96. The maximum Gasteiger partial charge on any atom is 0.256 e. The summed E-state index contributed by atoms with van der Waals surface area (Å²) in [6.07, 6.45) is 11.3. The average molecular weight is 609 g/mol. The molecule has 0 spiro atoms. The van der Waals surface area contributed by atoms with Gasteiger partial charge >= 0.3 is 0 Å². The lowest BCUT2D eigenvalue weighted by Gasteiger charge is -2.18. The second-order valence-electron chi connectivity index (χ2n) is 11.0. The number of rotatable bonds is 11. The van der Waals surface area contributed by atoms with Crippen molar-refractivity contribution >= 4 is 44.9 Å². The van der Waals surface area contributed by atoms with E-state index in [0.717, 1.165) is 24.0 Å². The van der Waals surface area contributed by atoms with E-state index in [2.05, 4.69) is 10.3 Å². The number of Topliss-reactive ketones (excluding diaryl/α,β-unsaturated/α-hetero) is 1. The molecule has 2 N–H and O–H groups in total. The molecule has 2 fully saturated rings. The van der Waals surface area contributed by atoms with Crippen LogP contribution in [-0.2, 0) is 19.4 Å². The third kappa shape index (κ3) is 6.88. The number of sulfone groups is 1. The van der Waals surface area contributed by atoms with Gasteiger partial charge in [0.15, 0.2) is 9.84 Å². The van der Waals surface area contributed by atoms with Gasteiger partial charge in [0.2, 0.25) is 5.88 Å². The first kappa shape index (κ1) is 30.3. The molecule has 222 valence electrons. The van der Waals surface area contributed by atoms with Gasteiger partial charge in [-0.3, -0.25) is 9.59 Å². The minimum absolute atomic E-state index is 0.0598. The normalized spacial score (nSPS) is 19.6. The number of pyridine rings is 1. The zero-order valence-electron chi connectivity index (χ0n) is 23.8. The zero-order chi connectivity index (χ0) is 29.9. The van der Waals surface area contributed by atoms with Crippen LogP contribution >= 0.6 is 11.8 Å². The van der Waals surface area contributed by atoms with Gasteiger partial charge in [0.25, 0.3) is 5.91 Å². The molecule has 2 aromatic rings. The Morgan fingerprint density at radius 2 is 2.05 bits per heavy atom. The number of aliphatic hydroxyl groups is 1. The van der Waals surface area contributed by atoms with E-state index in [9.17, 15) is 18.0 Å². The molecule has 8 nitrogen and oxygen atoms in total. The summed E-state index contributed by atoms with van der Waals surface area (Å²) >= 11 is 1.29. The van der Waals surface area contributed by atoms with Crippen molar-refractivity contribution < 1.29 is 27.9 Å². The highest BCUT2D eigenvalue weighted by molar-refractivity contribution is 8.03. The van der Waals surface area contributed by atoms with Gasteiger partial charge in [0.05, 0.1) is 21.8 Å². The molecule has 1 unspecified atom stereocenters. The molecule has 5 rings (SSSR count). The Balaban J connectivity index is 1.46. The van der Waals surface area contributed by atoms with Crippen molar-refractivity contribution in [3.63, 3.8) is 0 Å². The lowest BCUT2D eigenvalue weighted by molar-refractivity contribution is -0.117. The Bertz CT molecular complexity index is 1570. The molecule has 2 aliphatic carbocycles. The van der Waals surface area contributed by atoms with Gasteiger partial charge in [0.1, 0.15) is 17.4 Å². The molecule has 1 aromatic heterocycles. The largest absolute Gasteiger partial charge is 0.475 e. The molecule has 0 radical (unpaired) electrons. The number of aliphatic hydroxyl groups excluding tert-OH is 1. The number of nitrogens with zero attached hydrogens (tertiary/aromatic N) is 1. The number of ketones is 1. The average Bonchev–Trinajstić information content (AvgIpc) is 3.78. The Hall–Kier alpha value is -3.21. The summed E-state index contributed by atoms with van der Waals surface area (Å²) in [6, 6.07) is 8.84. The SMILES string of the molecule is CCC(C)S(=O)(=O)c1ccc(/C(=C\[C@H]2CCC(=O)C2)C(=O)NC2=CC=Cc3ccc(OCCO)nc3S2)cc1C1CC1.